The number of aromatic nitrogens is 4. The first-order chi connectivity index (χ1) is 9.28. The Morgan fingerprint density at radius 3 is 2.84 bits per heavy atom. The number of nitrogens with zero attached hydrogens (tertiary/aromatic N) is 3. The van der Waals surface area contributed by atoms with Crippen LogP contribution in [0.4, 0.5) is 5.95 Å². The van der Waals surface area contributed by atoms with Crippen LogP contribution in [0.15, 0.2) is 30.6 Å². The molecule has 0 saturated heterocycles. The van der Waals surface area contributed by atoms with Gasteiger partial charge >= 0.3 is 0 Å². The number of pyridine rings is 1. The van der Waals surface area contributed by atoms with Gasteiger partial charge in [-0.1, -0.05) is 13.3 Å². The summed E-state index contributed by atoms with van der Waals surface area (Å²) in [5.74, 6) is 0.276. The Labute approximate surface area is 110 Å². The number of hydrogen-bond acceptors (Lipinski definition) is 4. The van der Waals surface area contributed by atoms with E-state index in [2.05, 4.69) is 39.0 Å². The average molecular weight is 253 g/mol. The molecular formula is C14H15N5. The van der Waals surface area contributed by atoms with Crippen molar-refractivity contribution >= 4 is 17.0 Å². The molecule has 0 amide bonds. The predicted molar refractivity (Wildman–Crippen MR) is 75.5 cm³/mol. The Hall–Kier alpha value is -2.43. The van der Waals surface area contributed by atoms with Gasteiger partial charge < -0.3 is 10.7 Å². The largest absolute Gasteiger partial charge is 0.368 e. The number of fused-ring (bicyclic) bond motifs is 1. The summed E-state index contributed by atoms with van der Waals surface area (Å²) in [5, 5.41) is 1.15. The summed E-state index contributed by atoms with van der Waals surface area (Å²) in [7, 11) is 0. The third-order valence-corrected chi connectivity index (χ3v) is 3.09. The molecule has 5 heteroatoms. The molecule has 0 aromatic carbocycles. The van der Waals surface area contributed by atoms with E-state index in [1.54, 1.807) is 6.20 Å². The van der Waals surface area contributed by atoms with Crippen LogP contribution in [0.5, 0.6) is 0 Å². The van der Waals surface area contributed by atoms with Crippen LogP contribution in [0, 0.1) is 0 Å². The predicted octanol–water partition coefficient (Wildman–Crippen LogP) is 2.55. The molecule has 0 aliphatic rings. The Kier molecular flexibility index (Phi) is 2.87. The molecule has 3 heterocycles. The second kappa shape index (κ2) is 4.68. The third-order valence-electron chi connectivity index (χ3n) is 3.09. The number of aryl methyl sites for hydroxylation is 1. The second-order valence-electron chi connectivity index (χ2n) is 4.47. The van der Waals surface area contributed by atoms with Crippen LogP contribution in [0.3, 0.4) is 0 Å². The quantitative estimate of drug-likeness (QED) is 0.751. The molecule has 3 N–H and O–H groups in total. The van der Waals surface area contributed by atoms with Gasteiger partial charge in [0.05, 0.1) is 11.4 Å². The van der Waals surface area contributed by atoms with E-state index in [4.69, 9.17) is 5.73 Å². The summed E-state index contributed by atoms with van der Waals surface area (Å²) in [6, 6.07) is 5.98. The monoisotopic (exact) mass is 253 g/mol. The molecule has 3 rings (SSSR count). The van der Waals surface area contributed by atoms with Gasteiger partial charge in [-0.15, -0.1) is 0 Å². The first-order valence-electron chi connectivity index (χ1n) is 6.33. The molecule has 0 saturated carbocycles. The molecule has 5 nitrogen and oxygen atoms in total. The van der Waals surface area contributed by atoms with E-state index in [1.807, 2.05) is 12.3 Å². The lowest BCUT2D eigenvalue weighted by atomic mass is 10.1. The number of anilines is 1. The van der Waals surface area contributed by atoms with E-state index >= 15 is 0 Å². The van der Waals surface area contributed by atoms with Crippen LogP contribution in [0.1, 0.15) is 18.9 Å². The molecule has 3 aromatic rings. The Morgan fingerprint density at radius 2 is 2.05 bits per heavy atom. The van der Waals surface area contributed by atoms with E-state index in [0.29, 0.717) is 0 Å². The van der Waals surface area contributed by atoms with Crippen LogP contribution in [0.25, 0.3) is 22.4 Å². The van der Waals surface area contributed by atoms with Gasteiger partial charge in [0.1, 0.15) is 5.65 Å². The van der Waals surface area contributed by atoms with E-state index in [-0.39, 0.29) is 5.95 Å². The zero-order chi connectivity index (χ0) is 13.2. The summed E-state index contributed by atoms with van der Waals surface area (Å²) in [6.45, 7) is 2.17. The van der Waals surface area contributed by atoms with Gasteiger partial charge in [0.15, 0.2) is 0 Å². The summed E-state index contributed by atoms with van der Waals surface area (Å²) >= 11 is 0. The highest BCUT2D eigenvalue weighted by Crippen LogP contribution is 2.24. The fourth-order valence-corrected chi connectivity index (χ4v) is 2.23. The molecule has 0 aliphatic heterocycles. The van der Waals surface area contributed by atoms with Gasteiger partial charge in [-0.25, -0.2) is 15.0 Å². The molecule has 0 radical (unpaired) electrons. The minimum atomic E-state index is 0.276. The molecule has 19 heavy (non-hydrogen) atoms. The number of nitrogens with one attached hydrogen (secondary N) is 1. The van der Waals surface area contributed by atoms with E-state index < -0.39 is 0 Å². The molecule has 0 aliphatic carbocycles. The number of nitrogens with two attached hydrogens (primary N) is 1. The maximum atomic E-state index is 5.62. The molecule has 0 unspecified atom stereocenters. The number of rotatable bonds is 3. The van der Waals surface area contributed by atoms with Crippen molar-refractivity contribution in [2.45, 2.75) is 19.8 Å². The van der Waals surface area contributed by atoms with Gasteiger partial charge in [-0.3, -0.25) is 0 Å². The van der Waals surface area contributed by atoms with Crippen molar-refractivity contribution in [1.29, 1.82) is 0 Å². The van der Waals surface area contributed by atoms with Crippen LogP contribution < -0.4 is 5.73 Å². The van der Waals surface area contributed by atoms with Crippen molar-refractivity contribution in [3.63, 3.8) is 0 Å². The normalized spacial score (nSPS) is 11.0. The maximum Gasteiger partial charge on any atom is 0.220 e. The Bertz CT molecular complexity index is 717. The van der Waals surface area contributed by atoms with Gasteiger partial charge in [-0.2, -0.15) is 0 Å². The Morgan fingerprint density at radius 1 is 1.21 bits per heavy atom. The van der Waals surface area contributed by atoms with Gasteiger partial charge in [0, 0.05) is 17.8 Å². The maximum absolute atomic E-state index is 5.62. The van der Waals surface area contributed by atoms with Crippen molar-refractivity contribution in [2.75, 3.05) is 5.73 Å². The average Bonchev–Trinajstić information content (AvgIpc) is 2.84. The topological polar surface area (TPSA) is 80.5 Å². The van der Waals surface area contributed by atoms with Gasteiger partial charge in [-0.05, 0) is 30.2 Å². The fraction of sp³-hybridized carbons (Fsp3) is 0.214. The lowest BCUT2D eigenvalue weighted by Gasteiger charge is -1.98. The second-order valence-corrected chi connectivity index (χ2v) is 4.47. The molecule has 3 aromatic heterocycles. The number of nitrogen functional groups attached to an aromatic ring is 1. The highest BCUT2D eigenvalue weighted by Gasteiger charge is 2.08. The van der Waals surface area contributed by atoms with Crippen LogP contribution in [-0.4, -0.2) is 19.9 Å². The van der Waals surface area contributed by atoms with Crippen molar-refractivity contribution in [3.05, 3.63) is 36.2 Å². The fourth-order valence-electron chi connectivity index (χ4n) is 2.23. The molecule has 0 bridgehead atoms. The minimum absolute atomic E-state index is 0.276. The molecular weight excluding hydrogens is 238 g/mol. The van der Waals surface area contributed by atoms with Crippen LogP contribution in [0.2, 0.25) is 0 Å². The molecule has 0 fully saturated rings. The van der Waals surface area contributed by atoms with E-state index in [9.17, 15) is 0 Å². The summed E-state index contributed by atoms with van der Waals surface area (Å²) in [5.41, 5.74) is 9.51. The van der Waals surface area contributed by atoms with E-state index in [0.717, 1.165) is 35.3 Å². The number of hydrogen-bond donors (Lipinski definition) is 2. The first-order valence-corrected chi connectivity index (χ1v) is 6.33. The van der Waals surface area contributed by atoms with Crippen molar-refractivity contribution in [1.82, 2.24) is 19.9 Å². The SMILES string of the molecule is CCCc1ccnc2[nH]c(-c3ccnc(N)n3)cc12. The smallest absolute Gasteiger partial charge is 0.220 e. The zero-order valence-corrected chi connectivity index (χ0v) is 10.7. The molecule has 0 atom stereocenters. The van der Waals surface area contributed by atoms with Crippen molar-refractivity contribution in [2.24, 2.45) is 0 Å². The summed E-state index contributed by atoms with van der Waals surface area (Å²) in [4.78, 5) is 15.8. The van der Waals surface area contributed by atoms with E-state index in [1.165, 1.54) is 5.56 Å². The molecule has 96 valence electrons. The van der Waals surface area contributed by atoms with Gasteiger partial charge in [0.2, 0.25) is 5.95 Å². The lowest BCUT2D eigenvalue weighted by molar-refractivity contribution is 0.928. The van der Waals surface area contributed by atoms with Gasteiger partial charge in [0.25, 0.3) is 0 Å². The van der Waals surface area contributed by atoms with Crippen molar-refractivity contribution in [3.8, 4) is 11.4 Å². The van der Waals surface area contributed by atoms with Crippen LogP contribution in [-0.2, 0) is 6.42 Å². The van der Waals surface area contributed by atoms with Crippen LogP contribution >= 0.6 is 0 Å². The minimum Gasteiger partial charge on any atom is -0.368 e. The number of aromatic amines is 1. The highest BCUT2D eigenvalue weighted by molar-refractivity contribution is 5.85. The third kappa shape index (κ3) is 2.14. The Balaban J connectivity index is 2.14. The zero-order valence-electron chi connectivity index (χ0n) is 10.7. The van der Waals surface area contributed by atoms with Crippen molar-refractivity contribution < 1.29 is 0 Å². The lowest BCUT2D eigenvalue weighted by Crippen LogP contribution is -1.94. The summed E-state index contributed by atoms with van der Waals surface area (Å²) < 4.78 is 0. The summed E-state index contributed by atoms with van der Waals surface area (Å²) in [6.07, 6.45) is 5.65. The first kappa shape index (κ1) is 11.6. The standard InChI is InChI=1S/C14H15N5/c1-2-3-9-4-6-16-13-10(9)8-12(18-13)11-5-7-17-14(15)19-11/h4-8H,2-3H2,1H3,(H,16,18)(H2,15,17,19). The number of H-pyrrole nitrogens is 1. The highest BCUT2D eigenvalue weighted by atomic mass is 15.0. The molecule has 0 spiro atoms.